The van der Waals surface area contributed by atoms with E-state index in [9.17, 15) is 9.59 Å². The highest BCUT2D eigenvalue weighted by Gasteiger charge is 2.30. The lowest BCUT2D eigenvalue weighted by molar-refractivity contribution is -0.142. The quantitative estimate of drug-likeness (QED) is 0.768. The summed E-state index contributed by atoms with van der Waals surface area (Å²) in [6.07, 6.45) is 3.07. The lowest BCUT2D eigenvalue weighted by Crippen LogP contribution is -2.45. The molecule has 7 heteroatoms. The van der Waals surface area contributed by atoms with Crippen LogP contribution in [-0.2, 0) is 9.53 Å². The minimum absolute atomic E-state index is 0.0830. The first-order chi connectivity index (χ1) is 8.72. The van der Waals surface area contributed by atoms with Crippen molar-refractivity contribution < 1.29 is 14.3 Å². The molecule has 0 N–H and O–H groups in total. The average molecular weight is 269 g/mol. The third-order valence-corrected chi connectivity index (χ3v) is 3.60. The highest BCUT2D eigenvalue weighted by molar-refractivity contribution is 7.03. The number of carbonyl (C=O) groups excluding carboxylic acids is 2. The summed E-state index contributed by atoms with van der Waals surface area (Å²) < 4.78 is 8.36. The predicted octanol–water partition coefficient (Wildman–Crippen LogP) is 1.10. The first-order valence-corrected chi connectivity index (χ1v) is 6.71. The predicted molar refractivity (Wildman–Crippen MR) is 65.2 cm³/mol. The highest BCUT2D eigenvalue weighted by atomic mass is 32.1. The number of amides is 1. The van der Waals surface area contributed by atoms with Gasteiger partial charge < -0.3 is 9.64 Å². The third kappa shape index (κ3) is 2.84. The Hall–Kier alpha value is -1.50. The van der Waals surface area contributed by atoms with E-state index in [1.807, 2.05) is 0 Å². The van der Waals surface area contributed by atoms with Crippen LogP contribution >= 0.6 is 11.5 Å². The average Bonchev–Trinajstić information content (AvgIpc) is 2.92. The molecule has 1 amide bonds. The summed E-state index contributed by atoms with van der Waals surface area (Å²) in [5, 5.41) is 5.42. The summed E-state index contributed by atoms with van der Waals surface area (Å²) in [4.78, 5) is 25.3. The standard InChI is InChI=1S/C11H15N3O3S/c1-17-10(15)6-8-4-2-3-5-14(8)11(16)9-7-18-13-12-9/h7-8H,2-6H2,1H3. The number of piperidine rings is 1. The van der Waals surface area contributed by atoms with Gasteiger partial charge in [-0.25, -0.2) is 0 Å². The number of hydrogen-bond acceptors (Lipinski definition) is 6. The molecule has 0 radical (unpaired) electrons. The van der Waals surface area contributed by atoms with Crippen LogP contribution < -0.4 is 0 Å². The molecule has 0 bridgehead atoms. The number of carbonyl (C=O) groups is 2. The van der Waals surface area contributed by atoms with Gasteiger partial charge in [-0.15, -0.1) is 5.10 Å². The van der Waals surface area contributed by atoms with Gasteiger partial charge >= 0.3 is 5.97 Å². The maximum absolute atomic E-state index is 12.2. The number of likely N-dealkylation sites (tertiary alicyclic amines) is 1. The Morgan fingerprint density at radius 1 is 1.56 bits per heavy atom. The van der Waals surface area contributed by atoms with Crippen molar-refractivity contribution in [2.45, 2.75) is 31.7 Å². The topological polar surface area (TPSA) is 72.4 Å². The molecule has 0 aromatic carbocycles. The van der Waals surface area contributed by atoms with Gasteiger partial charge in [-0.1, -0.05) is 4.49 Å². The van der Waals surface area contributed by atoms with Crippen molar-refractivity contribution >= 4 is 23.4 Å². The van der Waals surface area contributed by atoms with Gasteiger partial charge in [0.15, 0.2) is 5.69 Å². The fraction of sp³-hybridized carbons (Fsp3) is 0.636. The zero-order valence-corrected chi connectivity index (χ0v) is 11.0. The second kappa shape index (κ2) is 5.90. The molecule has 0 aliphatic carbocycles. The fourth-order valence-corrected chi connectivity index (χ4v) is 2.59. The number of hydrogen-bond donors (Lipinski definition) is 0. The van der Waals surface area contributed by atoms with Crippen LogP contribution in [0.1, 0.15) is 36.2 Å². The van der Waals surface area contributed by atoms with Gasteiger partial charge in [0.05, 0.1) is 13.5 Å². The minimum Gasteiger partial charge on any atom is -0.469 e. The van der Waals surface area contributed by atoms with Crippen LogP contribution in [0.4, 0.5) is 0 Å². The summed E-state index contributed by atoms with van der Waals surface area (Å²) >= 11 is 1.15. The van der Waals surface area contributed by atoms with Crippen molar-refractivity contribution in [3.05, 3.63) is 11.1 Å². The molecule has 1 aromatic heterocycles. The Kier molecular flexibility index (Phi) is 4.24. The monoisotopic (exact) mass is 269 g/mol. The summed E-state index contributed by atoms with van der Waals surface area (Å²) in [6.45, 7) is 0.665. The molecule has 0 spiro atoms. The number of aromatic nitrogens is 2. The van der Waals surface area contributed by atoms with E-state index in [-0.39, 0.29) is 24.3 Å². The van der Waals surface area contributed by atoms with E-state index in [0.29, 0.717) is 12.2 Å². The Balaban J connectivity index is 2.08. The molecule has 1 aromatic rings. The maximum atomic E-state index is 12.2. The van der Waals surface area contributed by atoms with Crippen LogP contribution in [0.2, 0.25) is 0 Å². The Labute approximate surface area is 109 Å². The van der Waals surface area contributed by atoms with Crippen LogP contribution in [0.5, 0.6) is 0 Å². The minimum atomic E-state index is -0.281. The molecular formula is C11H15N3O3S. The molecule has 2 rings (SSSR count). The second-order valence-electron chi connectivity index (χ2n) is 4.22. The van der Waals surface area contributed by atoms with Gasteiger partial charge in [0.2, 0.25) is 0 Å². The van der Waals surface area contributed by atoms with E-state index in [0.717, 1.165) is 30.8 Å². The molecule has 1 atom stereocenters. The van der Waals surface area contributed by atoms with E-state index in [1.54, 1.807) is 10.3 Å². The number of nitrogens with zero attached hydrogens (tertiary/aromatic N) is 3. The first-order valence-electron chi connectivity index (χ1n) is 5.87. The Bertz CT molecular complexity index is 421. The first kappa shape index (κ1) is 12.9. The lowest BCUT2D eigenvalue weighted by atomic mass is 9.99. The molecule has 1 fully saturated rings. The molecule has 1 aliphatic rings. The van der Waals surface area contributed by atoms with Crippen LogP contribution in [0.3, 0.4) is 0 Å². The molecule has 1 unspecified atom stereocenters. The molecule has 2 heterocycles. The summed E-state index contributed by atoms with van der Waals surface area (Å²) in [6, 6.07) is -0.0830. The SMILES string of the molecule is COC(=O)CC1CCCCN1C(=O)c1csnn1. The van der Waals surface area contributed by atoms with E-state index >= 15 is 0 Å². The van der Waals surface area contributed by atoms with Gasteiger partial charge in [0.1, 0.15) is 0 Å². The van der Waals surface area contributed by atoms with E-state index in [1.165, 1.54) is 7.11 Å². The maximum Gasteiger partial charge on any atom is 0.307 e. The number of rotatable bonds is 3. The molecule has 1 saturated heterocycles. The lowest BCUT2D eigenvalue weighted by Gasteiger charge is -2.34. The molecule has 98 valence electrons. The number of esters is 1. The van der Waals surface area contributed by atoms with Crippen LogP contribution in [0, 0.1) is 0 Å². The molecular weight excluding hydrogens is 254 g/mol. The molecule has 18 heavy (non-hydrogen) atoms. The van der Waals surface area contributed by atoms with Crippen LogP contribution in [0.25, 0.3) is 0 Å². The number of methoxy groups -OCH3 is 1. The second-order valence-corrected chi connectivity index (χ2v) is 4.83. The highest BCUT2D eigenvalue weighted by Crippen LogP contribution is 2.22. The zero-order valence-electron chi connectivity index (χ0n) is 10.2. The van der Waals surface area contributed by atoms with Gasteiger partial charge in [-0.3, -0.25) is 9.59 Å². The zero-order chi connectivity index (χ0) is 13.0. The van der Waals surface area contributed by atoms with E-state index in [2.05, 4.69) is 14.3 Å². The van der Waals surface area contributed by atoms with Gasteiger partial charge in [-0.2, -0.15) is 0 Å². The number of ether oxygens (including phenoxy) is 1. The van der Waals surface area contributed by atoms with Crippen molar-refractivity contribution in [1.29, 1.82) is 0 Å². The summed E-state index contributed by atoms with van der Waals surface area (Å²) in [5.74, 6) is -0.423. The normalized spacial score (nSPS) is 19.6. The fourth-order valence-electron chi connectivity index (χ4n) is 2.16. The summed E-state index contributed by atoms with van der Waals surface area (Å²) in [7, 11) is 1.36. The largest absolute Gasteiger partial charge is 0.469 e. The van der Waals surface area contributed by atoms with E-state index < -0.39 is 0 Å². The smallest absolute Gasteiger partial charge is 0.307 e. The van der Waals surface area contributed by atoms with Gasteiger partial charge in [0.25, 0.3) is 5.91 Å². The van der Waals surface area contributed by atoms with Crippen molar-refractivity contribution in [3.8, 4) is 0 Å². The molecule has 1 aliphatic heterocycles. The van der Waals surface area contributed by atoms with Crippen molar-refractivity contribution in [3.63, 3.8) is 0 Å². The van der Waals surface area contributed by atoms with E-state index in [4.69, 9.17) is 0 Å². The third-order valence-electron chi connectivity index (χ3n) is 3.10. The molecule has 6 nitrogen and oxygen atoms in total. The Morgan fingerprint density at radius 2 is 2.39 bits per heavy atom. The summed E-state index contributed by atoms with van der Waals surface area (Å²) in [5.41, 5.74) is 0.358. The van der Waals surface area contributed by atoms with Crippen LogP contribution in [-0.4, -0.2) is 46.1 Å². The van der Waals surface area contributed by atoms with Crippen molar-refractivity contribution in [1.82, 2.24) is 14.5 Å². The van der Waals surface area contributed by atoms with Crippen molar-refractivity contribution in [2.75, 3.05) is 13.7 Å². The van der Waals surface area contributed by atoms with Crippen molar-refractivity contribution in [2.24, 2.45) is 0 Å². The van der Waals surface area contributed by atoms with Gasteiger partial charge in [0, 0.05) is 18.0 Å². The van der Waals surface area contributed by atoms with Crippen LogP contribution in [0.15, 0.2) is 5.38 Å². The Morgan fingerprint density at radius 3 is 3.06 bits per heavy atom. The molecule has 0 saturated carbocycles. The van der Waals surface area contributed by atoms with Gasteiger partial charge in [-0.05, 0) is 30.8 Å².